The summed E-state index contributed by atoms with van der Waals surface area (Å²) in [6.45, 7) is 2.66. The highest BCUT2D eigenvalue weighted by Crippen LogP contribution is 2.32. The average Bonchev–Trinajstić information content (AvgIpc) is 3.09. The predicted octanol–water partition coefficient (Wildman–Crippen LogP) is 2.62. The molecular weight excluding hydrogens is 223 g/mol. The molecule has 92 valence electrons. The minimum absolute atomic E-state index is 0.424. The summed E-state index contributed by atoms with van der Waals surface area (Å²) in [6.07, 6.45) is 2.51. The zero-order chi connectivity index (χ0) is 12.4. The van der Waals surface area contributed by atoms with E-state index in [1.165, 1.54) is 25.0 Å². The van der Waals surface area contributed by atoms with E-state index in [-0.39, 0.29) is 0 Å². The van der Waals surface area contributed by atoms with Crippen molar-refractivity contribution in [3.8, 4) is 0 Å². The van der Waals surface area contributed by atoms with Gasteiger partial charge in [-0.1, -0.05) is 6.07 Å². The van der Waals surface area contributed by atoms with Crippen LogP contribution in [0.25, 0.3) is 0 Å². The zero-order valence-electron chi connectivity index (χ0n) is 9.65. The maximum absolute atomic E-state index is 13.3. The Morgan fingerprint density at radius 1 is 1.59 bits per heavy atom. The van der Waals surface area contributed by atoms with Crippen LogP contribution in [0.4, 0.5) is 10.1 Å². The maximum atomic E-state index is 13.3. The van der Waals surface area contributed by atoms with Crippen molar-refractivity contribution in [3.05, 3.63) is 39.7 Å². The first-order valence-electron chi connectivity index (χ1n) is 5.74. The highest BCUT2D eigenvalue weighted by atomic mass is 19.1. The molecule has 0 spiro atoms. The van der Waals surface area contributed by atoms with Gasteiger partial charge in [-0.2, -0.15) is 4.39 Å². The molecule has 1 atom stereocenters. The van der Waals surface area contributed by atoms with Crippen molar-refractivity contribution >= 4 is 5.69 Å². The van der Waals surface area contributed by atoms with Crippen LogP contribution in [0.3, 0.4) is 0 Å². The van der Waals surface area contributed by atoms with Crippen LogP contribution in [-0.4, -0.2) is 11.0 Å². The number of rotatable bonds is 5. The van der Waals surface area contributed by atoms with Crippen LogP contribution in [0.2, 0.25) is 0 Å². The van der Waals surface area contributed by atoms with E-state index in [2.05, 4.69) is 12.2 Å². The first-order chi connectivity index (χ1) is 8.08. The second-order valence-corrected chi connectivity index (χ2v) is 4.55. The predicted molar refractivity (Wildman–Crippen MR) is 62.1 cm³/mol. The quantitative estimate of drug-likeness (QED) is 0.633. The molecule has 0 heterocycles. The minimum Gasteiger partial charge on any atom is -0.310 e. The van der Waals surface area contributed by atoms with Gasteiger partial charge in [0.1, 0.15) is 0 Å². The first-order valence-corrected chi connectivity index (χ1v) is 5.74. The lowest BCUT2D eigenvalue weighted by Crippen LogP contribution is -2.27. The Balaban J connectivity index is 1.97. The van der Waals surface area contributed by atoms with Crippen LogP contribution in [0.15, 0.2) is 18.2 Å². The van der Waals surface area contributed by atoms with Crippen molar-refractivity contribution in [2.24, 2.45) is 5.92 Å². The van der Waals surface area contributed by atoms with E-state index in [0.29, 0.717) is 12.6 Å². The molecule has 1 N–H and O–H groups in total. The topological polar surface area (TPSA) is 55.2 Å². The number of hydrogen-bond donors (Lipinski definition) is 1. The largest absolute Gasteiger partial charge is 0.310 e. The number of hydrogen-bond acceptors (Lipinski definition) is 3. The number of nitrogens with zero attached hydrogens (tertiary/aromatic N) is 1. The smallest absolute Gasteiger partial charge is 0.304 e. The highest BCUT2D eigenvalue weighted by Gasteiger charge is 2.27. The van der Waals surface area contributed by atoms with Gasteiger partial charge in [-0.05, 0) is 37.3 Å². The molecule has 2 rings (SSSR count). The number of nitrogens with one attached hydrogen (secondary N) is 1. The molecule has 0 aromatic heterocycles. The number of benzene rings is 1. The fourth-order valence-electron chi connectivity index (χ4n) is 1.85. The summed E-state index contributed by atoms with van der Waals surface area (Å²) >= 11 is 0. The minimum atomic E-state index is -0.770. The van der Waals surface area contributed by atoms with E-state index in [4.69, 9.17) is 0 Å². The van der Waals surface area contributed by atoms with Crippen molar-refractivity contribution in [1.82, 2.24) is 5.32 Å². The molecular formula is C12H15FN2O2. The molecule has 0 bridgehead atoms. The Hall–Kier alpha value is -1.49. The Bertz CT molecular complexity index is 433. The van der Waals surface area contributed by atoms with Gasteiger partial charge < -0.3 is 5.32 Å². The number of nitro benzene ring substituents is 1. The third-order valence-electron chi connectivity index (χ3n) is 3.17. The maximum Gasteiger partial charge on any atom is 0.304 e. The molecule has 1 aliphatic carbocycles. The summed E-state index contributed by atoms with van der Waals surface area (Å²) in [5.41, 5.74) is 0.268. The van der Waals surface area contributed by atoms with E-state index in [1.54, 1.807) is 6.07 Å². The molecule has 1 fully saturated rings. The summed E-state index contributed by atoms with van der Waals surface area (Å²) in [6, 6.07) is 4.46. The normalized spacial score (nSPS) is 16.8. The van der Waals surface area contributed by atoms with Gasteiger partial charge in [0.2, 0.25) is 5.82 Å². The van der Waals surface area contributed by atoms with Crippen LogP contribution < -0.4 is 5.32 Å². The fraction of sp³-hybridized carbons (Fsp3) is 0.500. The molecule has 0 amide bonds. The second kappa shape index (κ2) is 4.79. The summed E-state index contributed by atoms with van der Waals surface area (Å²) in [7, 11) is 0. The molecule has 4 nitrogen and oxygen atoms in total. The molecule has 1 unspecified atom stereocenters. The van der Waals surface area contributed by atoms with Crippen molar-refractivity contribution in [1.29, 1.82) is 0 Å². The van der Waals surface area contributed by atoms with Gasteiger partial charge in [0, 0.05) is 18.7 Å². The number of halogens is 1. The van der Waals surface area contributed by atoms with Gasteiger partial charge in [0.25, 0.3) is 0 Å². The third kappa shape index (κ3) is 3.00. The van der Waals surface area contributed by atoms with Gasteiger partial charge in [0.15, 0.2) is 0 Å². The van der Waals surface area contributed by atoms with Gasteiger partial charge in [-0.15, -0.1) is 0 Å². The van der Waals surface area contributed by atoms with Crippen LogP contribution in [0, 0.1) is 21.8 Å². The Morgan fingerprint density at radius 2 is 2.29 bits per heavy atom. The second-order valence-electron chi connectivity index (χ2n) is 4.55. The fourth-order valence-corrected chi connectivity index (χ4v) is 1.85. The molecule has 0 saturated heterocycles. The van der Waals surface area contributed by atoms with Crippen LogP contribution in [-0.2, 0) is 6.54 Å². The molecule has 1 aliphatic rings. The van der Waals surface area contributed by atoms with Gasteiger partial charge >= 0.3 is 5.69 Å². The van der Waals surface area contributed by atoms with E-state index in [1.807, 2.05) is 0 Å². The Labute approximate surface area is 99.0 Å². The lowest BCUT2D eigenvalue weighted by atomic mass is 10.1. The van der Waals surface area contributed by atoms with Gasteiger partial charge in [-0.3, -0.25) is 10.1 Å². The molecule has 5 heteroatoms. The Morgan fingerprint density at radius 3 is 2.82 bits per heavy atom. The summed E-state index contributed by atoms with van der Waals surface area (Å²) < 4.78 is 13.3. The summed E-state index contributed by atoms with van der Waals surface area (Å²) in [5, 5.41) is 13.7. The standard InChI is InChI=1S/C12H15FN2O2/c1-8(10-3-4-10)14-7-9-2-5-12(15(16)17)11(13)6-9/h2,5-6,8,10,14H,3-4,7H2,1H3. The van der Waals surface area contributed by atoms with Crippen molar-refractivity contribution in [2.75, 3.05) is 0 Å². The molecule has 0 aliphatic heterocycles. The van der Waals surface area contributed by atoms with Crippen molar-refractivity contribution in [3.63, 3.8) is 0 Å². The molecule has 17 heavy (non-hydrogen) atoms. The van der Waals surface area contributed by atoms with E-state index in [9.17, 15) is 14.5 Å². The van der Waals surface area contributed by atoms with Crippen LogP contribution in [0.1, 0.15) is 25.3 Å². The Kier molecular flexibility index (Phi) is 3.38. The summed E-state index contributed by atoms with van der Waals surface area (Å²) in [4.78, 5) is 9.74. The number of nitro groups is 1. The van der Waals surface area contributed by atoms with Crippen LogP contribution >= 0.6 is 0 Å². The van der Waals surface area contributed by atoms with E-state index < -0.39 is 16.4 Å². The molecule has 1 aromatic rings. The first kappa shape index (κ1) is 12.0. The lowest BCUT2D eigenvalue weighted by Gasteiger charge is -2.12. The van der Waals surface area contributed by atoms with Crippen LogP contribution in [0.5, 0.6) is 0 Å². The molecule has 0 radical (unpaired) electrons. The zero-order valence-corrected chi connectivity index (χ0v) is 9.65. The lowest BCUT2D eigenvalue weighted by molar-refractivity contribution is -0.387. The third-order valence-corrected chi connectivity index (χ3v) is 3.17. The molecule has 1 saturated carbocycles. The monoisotopic (exact) mass is 238 g/mol. The van der Waals surface area contributed by atoms with E-state index in [0.717, 1.165) is 11.5 Å². The average molecular weight is 238 g/mol. The van der Waals surface area contributed by atoms with Crippen molar-refractivity contribution in [2.45, 2.75) is 32.4 Å². The van der Waals surface area contributed by atoms with E-state index >= 15 is 0 Å². The molecule has 1 aromatic carbocycles. The highest BCUT2D eigenvalue weighted by molar-refractivity contribution is 5.34. The van der Waals surface area contributed by atoms with Gasteiger partial charge in [-0.25, -0.2) is 0 Å². The summed E-state index contributed by atoms with van der Waals surface area (Å²) in [5.74, 6) is -0.0359. The van der Waals surface area contributed by atoms with Crippen molar-refractivity contribution < 1.29 is 9.31 Å². The van der Waals surface area contributed by atoms with Gasteiger partial charge in [0.05, 0.1) is 4.92 Å². The SMILES string of the molecule is CC(NCc1ccc([N+](=O)[O-])c(F)c1)C1CC1.